The third-order valence-corrected chi connectivity index (χ3v) is 5.57. The van der Waals surface area contributed by atoms with Crippen LogP contribution in [0.4, 0.5) is 5.69 Å². The largest absolute Gasteiger partial charge is 0.381 e. The molecule has 2 aliphatic rings. The van der Waals surface area contributed by atoms with Crippen molar-refractivity contribution < 1.29 is 19.1 Å². The normalized spacial score (nSPS) is 23.3. The molecule has 2 atom stereocenters. The van der Waals surface area contributed by atoms with Crippen molar-refractivity contribution in [2.75, 3.05) is 32.2 Å². The number of ether oxygens (including phenoxy) is 2. The number of rotatable bonds is 4. The van der Waals surface area contributed by atoms with Gasteiger partial charge in [0.1, 0.15) is 12.2 Å². The Bertz CT molecular complexity index is 697. The van der Waals surface area contributed by atoms with Crippen molar-refractivity contribution in [2.45, 2.75) is 57.8 Å². The van der Waals surface area contributed by atoms with E-state index in [2.05, 4.69) is 26.0 Å². The minimum absolute atomic E-state index is 0.0424. The zero-order valence-electron chi connectivity index (χ0n) is 16.7. The van der Waals surface area contributed by atoms with Gasteiger partial charge in [-0.15, -0.1) is 0 Å². The number of hydrogen-bond donors (Lipinski definition) is 0. The Balaban J connectivity index is 1.83. The Morgan fingerprint density at radius 3 is 2.15 bits per heavy atom. The molecule has 6 heteroatoms. The molecule has 2 heterocycles. The Morgan fingerprint density at radius 2 is 1.56 bits per heavy atom. The van der Waals surface area contributed by atoms with E-state index in [1.807, 2.05) is 11.0 Å². The fraction of sp³-hybridized carbons (Fsp3) is 0.619. The summed E-state index contributed by atoms with van der Waals surface area (Å²) in [5.41, 5.74) is 3.26. The number of carbonyl (C=O) groups excluding carboxylic acids is 2. The quantitative estimate of drug-likeness (QED) is 0.812. The Morgan fingerprint density at radius 1 is 0.926 bits per heavy atom. The second-order valence-corrected chi connectivity index (χ2v) is 7.74. The van der Waals surface area contributed by atoms with Crippen molar-refractivity contribution in [3.8, 4) is 0 Å². The van der Waals surface area contributed by atoms with Crippen LogP contribution in [0.2, 0.25) is 0 Å². The highest BCUT2D eigenvalue weighted by Crippen LogP contribution is 2.30. The zero-order valence-corrected chi connectivity index (χ0v) is 16.7. The molecule has 2 amide bonds. The van der Waals surface area contributed by atoms with Crippen molar-refractivity contribution in [3.05, 3.63) is 29.3 Å². The molecule has 27 heavy (non-hydrogen) atoms. The predicted octanol–water partition coefficient (Wildman–Crippen LogP) is 2.45. The van der Waals surface area contributed by atoms with Crippen molar-refractivity contribution in [2.24, 2.45) is 0 Å². The van der Waals surface area contributed by atoms with Crippen LogP contribution in [0.1, 0.15) is 36.8 Å². The highest BCUT2D eigenvalue weighted by Gasteiger charge is 2.40. The molecule has 1 aromatic carbocycles. The van der Waals surface area contributed by atoms with Crippen LogP contribution >= 0.6 is 0 Å². The van der Waals surface area contributed by atoms with Gasteiger partial charge >= 0.3 is 0 Å². The summed E-state index contributed by atoms with van der Waals surface area (Å²) in [5.74, 6) is -0.117. The first-order chi connectivity index (χ1) is 12.9. The molecule has 2 saturated heterocycles. The van der Waals surface area contributed by atoms with Gasteiger partial charge in [0.05, 0.1) is 0 Å². The van der Waals surface area contributed by atoms with Crippen molar-refractivity contribution in [1.29, 1.82) is 0 Å². The smallest absolute Gasteiger partial charge is 0.256 e. The maximum atomic E-state index is 13.4. The van der Waals surface area contributed by atoms with Crippen LogP contribution in [0.25, 0.3) is 0 Å². The molecule has 0 radical (unpaired) electrons. The van der Waals surface area contributed by atoms with Gasteiger partial charge in [-0.1, -0.05) is 6.07 Å². The molecule has 2 aliphatic heterocycles. The van der Waals surface area contributed by atoms with Gasteiger partial charge in [-0.05, 0) is 62.8 Å². The summed E-state index contributed by atoms with van der Waals surface area (Å²) in [5, 5.41) is 0. The summed E-state index contributed by atoms with van der Waals surface area (Å²) < 4.78 is 11.4. The van der Waals surface area contributed by atoms with E-state index in [0.29, 0.717) is 26.1 Å². The topological polar surface area (TPSA) is 59.1 Å². The lowest BCUT2D eigenvalue weighted by Crippen LogP contribution is -2.48. The molecule has 0 spiro atoms. The molecule has 0 aliphatic carbocycles. The monoisotopic (exact) mass is 374 g/mol. The van der Waals surface area contributed by atoms with E-state index in [-0.39, 0.29) is 17.9 Å². The molecular weight excluding hydrogens is 344 g/mol. The maximum absolute atomic E-state index is 13.4. The van der Waals surface area contributed by atoms with E-state index in [4.69, 9.17) is 9.47 Å². The molecule has 1 aromatic rings. The van der Waals surface area contributed by atoms with Crippen LogP contribution < -0.4 is 4.90 Å². The summed E-state index contributed by atoms with van der Waals surface area (Å²) in [7, 11) is 3.43. The Hall–Kier alpha value is -1.92. The van der Waals surface area contributed by atoms with Crippen LogP contribution in [-0.2, 0) is 19.1 Å². The number of amides is 2. The summed E-state index contributed by atoms with van der Waals surface area (Å²) >= 11 is 0. The lowest BCUT2D eigenvalue weighted by Gasteiger charge is -2.36. The Labute approximate surface area is 161 Å². The van der Waals surface area contributed by atoms with Crippen LogP contribution in [0.3, 0.4) is 0 Å². The molecule has 2 fully saturated rings. The molecule has 3 rings (SSSR count). The number of likely N-dealkylation sites (N-methyl/N-ethyl adjacent to an activating group) is 1. The van der Waals surface area contributed by atoms with Gasteiger partial charge in [-0.2, -0.15) is 0 Å². The fourth-order valence-electron chi connectivity index (χ4n) is 3.78. The number of nitrogens with zero attached hydrogens (tertiary/aromatic N) is 2. The summed E-state index contributed by atoms with van der Waals surface area (Å²) in [4.78, 5) is 29.0. The highest BCUT2D eigenvalue weighted by atomic mass is 16.5. The zero-order chi connectivity index (χ0) is 19.6. The molecule has 0 saturated carbocycles. The average Bonchev–Trinajstić information content (AvgIpc) is 3.15. The van der Waals surface area contributed by atoms with E-state index in [9.17, 15) is 9.59 Å². The first-order valence-corrected chi connectivity index (χ1v) is 9.73. The van der Waals surface area contributed by atoms with Crippen molar-refractivity contribution in [3.63, 3.8) is 0 Å². The lowest BCUT2D eigenvalue weighted by molar-refractivity contribution is -0.143. The van der Waals surface area contributed by atoms with Gasteiger partial charge in [-0.3, -0.25) is 9.59 Å². The van der Waals surface area contributed by atoms with Gasteiger partial charge in [0.2, 0.25) is 0 Å². The molecule has 0 N–H and O–H groups in total. The fourth-order valence-corrected chi connectivity index (χ4v) is 3.78. The lowest BCUT2D eigenvalue weighted by atomic mass is 10.0. The summed E-state index contributed by atoms with van der Waals surface area (Å²) in [6.45, 7) is 5.44. The van der Waals surface area contributed by atoms with E-state index in [1.165, 1.54) is 10.5 Å². The molecular formula is C21H30N2O4. The molecule has 0 bridgehead atoms. The van der Waals surface area contributed by atoms with Crippen LogP contribution in [0.15, 0.2) is 18.2 Å². The third-order valence-electron chi connectivity index (χ3n) is 5.57. The number of aryl methyl sites for hydroxylation is 2. The standard InChI is InChI=1S/C21H30N2O4/c1-14-5-6-17(13-15(14)2)23(16-9-11-26-12-10-16)21(25)19-8-7-18(27-19)20(24)22(3)4/h5-6,13,16,18-19H,7-12H2,1-4H3/t18-,19+/m0/s1. The van der Waals surface area contributed by atoms with Gasteiger partial charge in [0.15, 0.2) is 0 Å². The van der Waals surface area contributed by atoms with E-state index in [1.54, 1.807) is 14.1 Å². The average molecular weight is 374 g/mol. The van der Waals surface area contributed by atoms with Crippen molar-refractivity contribution >= 4 is 17.5 Å². The van der Waals surface area contributed by atoms with Crippen molar-refractivity contribution in [1.82, 2.24) is 4.90 Å². The number of benzene rings is 1. The van der Waals surface area contributed by atoms with Gasteiger partial charge < -0.3 is 19.3 Å². The van der Waals surface area contributed by atoms with Crippen LogP contribution in [0, 0.1) is 13.8 Å². The SMILES string of the molecule is Cc1ccc(N(C(=O)[C@H]2CC[C@@H](C(=O)N(C)C)O2)C2CCOCC2)cc1C. The van der Waals surface area contributed by atoms with E-state index >= 15 is 0 Å². The second kappa shape index (κ2) is 8.40. The minimum Gasteiger partial charge on any atom is -0.381 e. The summed E-state index contributed by atoms with van der Waals surface area (Å²) in [6, 6.07) is 6.23. The maximum Gasteiger partial charge on any atom is 0.256 e. The van der Waals surface area contributed by atoms with E-state index < -0.39 is 12.2 Å². The number of anilines is 1. The molecule has 0 aromatic heterocycles. The third kappa shape index (κ3) is 4.33. The molecule has 6 nitrogen and oxygen atoms in total. The van der Waals surface area contributed by atoms with E-state index in [0.717, 1.165) is 24.1 Å². The molecule has 0 unspecified atom stereocenters. The summed E-state index contributed by atoms with van der Waals surface area (Å²) in [6.07, 6.45) is 1.69. The van der Waals surface area contributed by atoms with Crippen LogP contribution in [-0.4, -0.2) is 62.3 Å². The predicted molar refractivity (Wildman–Crippen MR) is 104 cm³/mol. The first kappa shape index (κ1) is 19.8. The first-order valence-electron chi connectivity index (χ1n) is 9.73. The molecule has 148 valence electrons. The highest BCUT2D eigenvalue weighted by molar-refractivity contribution is 5.98. The Kier molecular flexibility index (Phi) is 6.17. The van der Waals surface area contributed by atoms with Gasteiger partial charge in [0.25, 0.3) is 11.8 Å². The van der Waals surface area contributed by atoms with Crippen LogP contribution in [0.5, 0.6) is 0 Å². The van der Waals surface area contributed by atoms with Gasteiger partial charge in [-0.25, -0.2) is 0 Å². The second-order valence-electron chi connectivity index (χ2n) is 7.74. The van der Waals surface area contributed by atoms with Gasteiger partial charge in [0, 0.05) is 39.0 Å². The number of hydrogen-bond acceptors (Lipinski definition) is 4. The minimum atomic E-state index is -0.566. The number of carbonyl (C=O) groups is 2.